The molecule has 3 rings (SSSR count). The molecule has 0 aliphatic carbocycles. The molecular weight excluding hydrogens is 446 g/mol. The molecule has 0 aliphatic rings. The molecule has 0 bridgehead atoms. The molecular formula is C25H26F2N2O5. The highest BCUT2D eigenvalue weighted by Crippen LogP contribution is 2.23. The number of carbonyl (C=O) groups is 1. The lowest BCUT2D eigenvalue weighted by Gasteiger charge is -2.11. The van der Waals surface area contributed by atoms with Crippen LogP contribution >= 0.6 is 0 Å². The highest BCUT2D eigenvalue weighted by atomic mass is 19.1. The maximum atomic E-state index is 13.1. The summed E-state index contributed by atoms with van der Waals surface area (Å²) in [6, 6.07) is 13.0. The summed E-state index contributed by atoms with van der Waals surface area (Å²) in [5, 5.41) is 9.47. The van der Waals surface area contributed by atoms with Gasteiger partial charge in [0.25, 0.3) is 0 Å². The molecule has 0 saturated carbocycles. The first-order chi connectivity index (χ1) is 16.4. The lowest BCUT2D eigenvalue weighted by Crippen LogP contribution is -2.19. The number of hydroxylamine groups is 1. The van der Waals surface area contributed by atoms with Crippen LogP contribution in [0.3, 0.4) is 0 Å². The molecule has 0 atom stereocenters. The molecule has 0 amide bonds. The van der Waals surface area contributed by atoms with E-state index < -0.39 is 12.6 Å². The molecule has 1 heterocycles. The highest BCUT2D eigenvalue weighted by Gasteiger charge is 2.14. The molecule has 7 nitrogen and oxygen atoms in total. The summed E-state index contributed by atoms with van der Waals surface area (Å²) in [7, 11) is 0. The quantitative estimate of drug-likeness (QED) is 0.222. The molecule has 0 unspecified atom stereocenters. The van der Waals surface area contributed by atoms with Crippen LogP contribution in [0.5, 0.6) is 5.75 Å². The van der Waals surface area contributed by atoms with E-state index >= 15 is 0 Å². The number of carboxylic acids is 1. The van der Waals surface area contributed by atoms with E-state index in [1.165, 1.54) is 12.1 Å². The summed E-state index contributed by atoms with van der Waals surface area (Å²) in [6.45, 7) is 2.90. The molecule has 0 fully saturated rings. The van der Waals surface area contributed by atoms with Gasteiger partial charge in [-0.05, 0) is 55.8 Å². The first-order valence-corrected chi connectivity index (χ1v) is 10.7. The predicted octanol–water partition coefficient (Wildman–Crippen LogP) is 4.80. The number of allylic oxidation sites excluding steroid dienone is 1. The average Bonchev–Trinajstić information content (AvgIpc) is 3.19. The van der Waals surface area contributed by atoms with Crippen LogP contribution in [0, 0.1) is 12.7 Å². The summed E-state index contributed by atoms with van der Waals surface area (Å²) in [5.74, 6) is 0.323. The Balaban J connectivity index is 1.55. The van der Waals surface area contributed by atoms with Gasteiger partial charge in [0, 0.05) is 24.1 Å². The Morgan fingerprint density at radius 1 is 1.12 bits per heavy atom. The number of nitrogens with one attached hydrogen (secondary N) is 1. The summed E-state index contributed by atoms with van der Waals surface area (Å²) in [4.78, 5) is 20.9. The number of hydrogen-bond donors (Lipinski definition) is 2. The van der Waals surface area contributed by atoms with E-state index in [-0.39, 0.29) is 24.4 Å². The van der Waals surface area contributed by atoms with Crippen LogP contribution in [0.25, 0.3) is 11.5 Å². The van der Waals surface area contributed by atoms with Crippen molar-refractivity contribution in [2.24, 2.45) is 0 Å². The predicted molar refractivity (Wildman–Crippen MR) is 121 cm³/mol. The smallest absolute Gasteiger partial charge is 0.333 e. The van der Waals surface area contributed by atoms with Gasteiger partial charge in [0.2, 0.25) is 5.89 Å². The molecule has 9 heteroatoms. The number of hydrogen-bond acceptors (Lipinski definition) is 6. The van der Waals surface area contributed by atoms with Crippen molar-refractivity contribution in [2.75, 3.05) is 19.9 Å². The molecule has 2 N–H and O–H groups in total. The zero-order valence-corrected chi connectivity index (χ0v) is 18.9. The molecule has 180 valence electrons. The lowest BCUT2D eigenvalue weighted by molar-refractivity contribution is -0.132. The summed E-state index contributed by atoms with van der Waals surface area (Å²) >= 11 is 0. The zero-order chi connectivity index (χ0) is 24.5. The van der Waals surface area contributed by atoms with Crippen LogP contribution < -0.4 is 10.2 Å². The van der Waals surface area contributed by atoms with Gasteiger partial charge < -0.3 is 14.3 Å². The Hall–Kier alpha value is -3.72. The van der Waals surface area contributed by atoms with E-state index in [2.05, 4.69) is 10.5 Å². The minimum absolute atomic E-state index is 0.117. The molecule has 0 aliphatic heterocycles. The van der Waals surface area contributed by atoms with Crippen molar-refractivity contribution in [2.45, 2.75) is 26.7 Å². The van der Waals surface area contributed by atoms with E-state index in [1.54, 1.807) is 43.3 Å². The first kappa shape index (κ1) is 24.9. The van der Waals surface area contributed by atoms with Gasteiger partial charge in [0.15, 0.2) is 0 Å². The van der Waals surface area contributed by atoms with Gasteiger partial charge in [0.05, 0.1) is 17.9 Å². The summed E-state index contributed by atoms with van der Waals surface area (Å²) in [6.07, 6.45) is 0.686. The Morgan fingerprint density at radius 3 is 2.47 bits per heavy atom. The number of alkyl halides is 1. The second-order valence-electron chi connectivity index (χ2n) is 7.50. The number of aliphatic carboxylic acids is 1. The Kier molecular flexibility index (Phi) is 8.75. The Labute approximate surface area is 196 Å². The van der Waals surface area contributed by atoms with Gasteiger partial charge in [-0.15, -0.1) is 0 Å². The number of oxazole rings is 1. The van der Waals surface area contributed by atoms with Crippen LogP contribution in [-0.2, 0) is 22.5 Å². The van der Waals surface area contributed by atoms with Crippen molar-refractivity contribution in [1.82, 2.24) is 10.5 Å². The van der Waals surface area contributed by atoms with Gasteiger partial charge in [-0.2, -0.15) is 0 Å². The van der Waals surface area contributed by atoms with Crippen molar-refractivity contribution >= 4 is 5.97 Å². The van der Waals surface area contributed by atoms with Crippen LogP contribution in [0.1, 0.15) is 23.9 Å². The third-order valence-corrected chi connectivity index (χ3v) is 5.01. The van der Waals surface area contributed by atoms with Crippen molar-refractivity contribution in [1.29, 1.82) is 0 Å². The fraction of sp³-hybridized carbons (Fsp3) is 0.280. The normalized spacial score (nSPS) is 11.8. The number of ether oxygens (including phenoxy) is 1. The molecule has 0 radical (unpaired) electrons. The van der Waals surface area contributed by atoms with Crippen LogP contribution in [0.2, 0.25) is 0 Å². The van der Waals surface area contributed by atoms with Gasteiger partial charge in [-0.3, -0.25) is 10.3 Å². The molecule has 3 aromatic rings. The largest absolute Gasteiger partial charge is 0.493 e. The summed E-state index contributed by atoms with van der Waals surface area (Å²) in [5.41, 5.74) is 5.11. The SMILES string of the molecule is CC(NOCCF)=C(Cc1ccc(OCCc2nc(-c3ccc(F)cc3)oc2C)cc1)C(=O)O. The topological polar surface area (TPSA) is 93.8 Å². The second-order valence-corrected chi connectivity index (χ2v) is 7.50. The van der Waals surface area contributed by atoms with E-state index in [4.69, 9.17) is 14.0 Å². The van der Waals surface area contributed by atoms with E-state index in [9.17, 15) is 18.7 Å². The Bertz CT molecular complexity index is 1130. The minimum Gasteiger partial charge on any atom is -0.493 e. The van der Waals surface area contributed by atoms with Crippen LogP contribution in [0.15, 0.2) is 64.2 Å². The second kappa shape index (κ2) is 11.9. The fourth-order valence-electron chi connectivity index (χ4n) is 3.18. The number of aryl methyl sites for hydroxylation is 1. The number of benzene rings is 2. The van der Waals surface area contributed by atoms with Gasteiger partial charge >= 0.3 is 5.97 Å². The first-order valence-electron chi connectivity index (χ1n) is 10.7. The van der Waals surface area contributed by atoms with Crippen LogP contribution in [0.4, 0.5) is 8.78 Å². The molecule has 0 spiro atoms. The summed E-state index contributed by atoms with van der Waals surface area (Å²) < 4.78 is 36.7. The van der Waals surface area contributed by atoms with E-state index in [0.717, 1.165) is 11.3 Å². The van der Waals surface area contributed by atoms with Crippen molar-refractivity contribution in [3.8, 4) is 17.2 Å². The molecule has 2 aromatic carbocycles. The number of halogens is 2. The maximum Gasteiger partial charge on any atom is 0.333 e. The third-order valence-electron chi connectivity index (χ3n) is 5.01. The third kappa shape index (κ3) is 6.89. The van der Waals surface area contributed by atoms with Crippen molar-refractivity contribution < 1.29 is 32.7 Å². The zero-order valence-electron chi connectivity index (χ0n) is 18.9. The number of rotatable bonds is 12. The molecule has 0 saturated heterocycles. The van der Waals surface area contributed by atoms with Gasteiger partial charge in [0.1, 0.15) is 30.6 Å². The molecule has 34 heavy (non-hydrogen) atoms. The van der Waals surface area contributed by atoms with Gasteiger partial charge in [-0.1, -0.05) is 12.1 Å². The number of nitrogens with zero attached hydrogens (tertiary/aromatic N) is 1. The van der Waals surface area contributed by atoms with Crippen LogP contribution in [-0.4, -0.2) is 35.9 Å². The Morgan fingerprint density at radius 2 is 1.82 bits per heavy atom. The molecule has 1 aromatic heterocycles. The lowest BCUT2D eigenvalue weighted by atomic mass is 10.0. The maximum absolute atomic E-state index is 13.1. The monoisotopic (exact) mass is 472 g/mol. The van der Waals surface area contributed by atoms with E-state index in [1.807, 2.05) is 6.92 Å². The van der Waals surface area contributed by atoms with Crippen molar-refractivity contribution in [3.63, 3.8) is 0 Å². The van der Waals surface area contributed by atoms with Gasteiger partial charge in [-0.25, -0.2) is 18.6 Å². The number of aromatic nitrogens is 1. The standard InChI is InChI=1S/C25H26F2N2O5/c1-16(29-33-14-12-26)22(25(30)31)15-18-3-9-21(10-4-18)32-13-11-23-17(2)34-24(28-23)19-5-7-20(27)8-6-19/h3-10,29H,11-15H2,1-2H3,(H,30,31). The van der Waals surface area contributed by atoms with Crippen molar-refractivity contribution in [3.05, 3.63) is 82.6 Å². The van der Waals surface area contributed by atoms with E-state index in [0.29, 0.717) is 41.7 Å². The number of carboxylic acid groups (broad SMARTS) is 1. The minimum atomic E-state index is -1.09. The average molecular weight is 472 g/mol. The fourth-order valence-corrected chi connectivity index (χ4v) is 3.18. The highest BCUT2D eigenvalue weighted by molar-refractivity contribution is 5.87.